The van der Waals surface area contributed by atoms with E-state index in [1.807, 2.05) is 6.92 Å². The summed E-state index contributed by atoms with van der Waals surface area (Å²) in [6.07, 6.45) is 0.631. The highest BCUT2D eigenvalue weighted by Gasteiger charge is 2.16. The van der Waals surface area contributed by atoms with Crippen LogP contribution in [0.25, 0.3) is 0 Å². The van der Waals surface area contributed by atoms with E-state index in [0.29, 0.717) is 17.2 Å². The maximum Gasteiger partial charge on any atom is 0.178 e. The molecule has 0 aliphatic heterocycles. The third kappa shape index (κ3) is 5.03. The van der Waals surface area contributed by atoms with Gasteiger partial charge in [0.05, 0.1) is 10.6 Å². The zero-order valence-corrected chi connectivity index (χ0v) is 13.3. The van der Waals surface area contributed by atoms with Gasteiger partial charge in [-0.1, -0.05) is 20.8 Å². The molecule has 0 fully saturated rings. The van der Waals surface area contributed by atoms with Gasteiger partial charge in [-0.2, -0.15) is 0 Å². The Hall–Kier alpha value is -0.740. The van der Waals surface area contributed by atoms with Gasteiger partial charge in [-0.05, 0) is 36.1 Å². The molecular weight excluding hydrogens is 282 g/mol. The SMILES string of the molecule is CCCS(=O)(=O)c1ccc(NCC(C)(C)CCl)cc1. The average Bonchev–Trinajstić information content (AvgIpc) is 2.37. The van der Waals surface area contributed by atoms with Crippen molar-refractivity contribution in [3.05, 3.63) is 24.3 Å². The highest BCUT2D eigenvalue weighted by Crippen LogP contribution is 2.20. The molecule has 0 bridgehead atoms. The first-order valence-electron chi connectivity index (χ1n) is 6.43. The smallest absolute Gasteiger partial charge is 0.178 e. The molecule has 0 spiro atoms. The fraction of sp³-hybridized carbons (Fsp3) is 0.571. The second-order valence-corrected chi connectivity index (χ2v) is 7.87. The number of benzene rings is 1. The van der Waals surface area contributed by atoms with Crippen molar-refractivity contribution in [2.75, 3.05) is 23.5 Å². The minimum atomic E-state index is -3.12. The van der Waals surface area contributed by atoms with Gasteiger partial charge in [0.25, 0.3) is 0 Å². The Morgan fingerprint density at radius 3 is 2.26 bits per heavy atom. The Kier molecular flexibility index (Phi) is 5.68. The summed E-state index contributed by atoms with van der Waals surface area (Å²) in [5.74, 6) is 0.766. The molecular formula is C14H22ClNO2S. The molecule has 0 aromatic heterocycles. The highest BCUT2D eigenvalue weighted by molar-refractivity contribution is 7.91. The minimum Gasteiger partial charge on any atom is -0.384 e. The Labute approximate surface area is 121 Å². The molecule has 108 valence electrons. The summed E-state index contributed by atoms with van der Waals surface area (Å²) in [6.45, 7) is 6.76. The lowest BCUT2D eigenvalue weighted by molar-refractivity contribution is 0.450. The van der Waals surface area contributed by atoms with E-state index < -0.39 is 9.84 Å². The maximum atomic E-state index is 11.9. The first kappa shape index (κ1) is 16.3. The van der Waals surface area contributed by atoms with Crippen LogP contribution in [0.5, 0.6) is 0 Å². The van der Waals surface area contributed by atoms with Crippen molar-refractivity contribution >= 4 is 27.1 Å². The first-order chi connectivity index (χ1) is 8.80. The second-order valence-electron chi connectivity index (χ2n) is 5.49. The molecule has 1 rings (SSSR count). The lowest BCUT2D eigenvalue weighted by Crippen LogP contribution is -2.24. The van der Waals surface area contributed by atoms with Crippen LogP contribution in [0.4, 0.5) is 5.69 Å². The molecule has 5 heteroatoms. The van der Waals surface area contributed by atoms with E-state index in [9.17, 15) is 8.42 Å². The summed E-state index contributed by atoms with van der Waals surface area (Å²) < 4.78 is 23.7. The second kappa shape index (κ2) is 6.62. The summed E-state index contributed by atoms with van der Waals surface area (Å²) in [5, 5.41) is 3.27. The normalized spacial score (nSPS) is 12.4. The summed E-state index contributed by atoms with van der Waals surface area (Å²) in [7, 11) is -3.12. The fourth-order valence-electron chi connectivity index (χ4n) is 1.56. The molecule has 1 aromatic carbocycles. The minimum absolute atomic E-state index is 0.00845. The summed E-state index contributed by atoms with van der Waals surface area (Å²) in [5.41, 5.74) is 0.919. The van der Waals surface area contributed by atoms with Gasteiger partial charge in [-0.15, -0.1) is 11.6 Å². The van der Waals surface area contributed by atoms with Crippen LogP contribution in [-0.4, -0.2) is 26.6 Å². The molecule has 19 heavy (non-hydrogen) atoms. The van der Waals surface area contributed by atoms with Gasteiger partial charge in [-0.25, -0.2) is 8.42 Å². The molecule has 0 aliphatic rings. The molecule has 0 saturated carbocycles. The molecule has 0 unspecified atom stereocenters. The van der Waals surface area contributed by atoms with Crippen molar-refractivity contribution < 1.29 is 8.42 Å². The van der Waals surface area contributed by atoms with Crippen LogP contribution in [0.15, 0.2) is 29.2 Å². The first-order valence-corrected chi connectivity index (χ1v) is 8.62. The predicted molar refractivity (Wildman–Crippen MR) is 81.8 cm³/mol. The van der Waals surface area contributed by atoms with Gasteiger partial charge in [-0.3, -0.25) is 0 Å². The molecule has 0 aliphatic carbocycles. The number of rotatable bonds is 7. The third-order valence-electron chi connectivity index (χ3n) is 2.82. The van der Waals surface area contributed by atoms with Crippen LogP contribution in [0.3, 0.4) is 0 Å². The van der Waals surface area contributed by atoms with Crippen LogP contribution in [0.2, 0.25) is 0 Å². The molecule has 3 nitrogen and oxygen atoms in total. The monoisotopic (exact) mass is 303 g/mol. The molecule has 0 heterocycles. The average molecular weight is 304 g/mol. The van der Waals surface area contributed by atoms with E-state index in [1.165, 1.54) is 0 Å². The largest absolute Gasteiger partial charge is 0.384 e. The number of alkyl halides is 1. The van der Waals surface area contributed by atoms with Gasteiger partial charge in [0.1, 0.15) is 0 Å². The number of halogens is 1. The molecule has 0 radical (unpaired) electrons. The number of anilines is 1. The topological polar surface area (TPSA) is 46.2 Å². The van der Waals surface area contributed by atoms with Crippen molar-refractivity contribution in [3.63, 3.8) is 0 Å². The number of hydrogen-bond acceptors (Lipinski definition) is 3. The molecule has 0 atom stereocenters. The quantitative estimate of drug-likeness (QED) is 0.784. The van der Waals surface area contributed by atoms with E-state index in [0.717, 1.165) is 12.2 Å². The van der Waals surface area contributed by atoms with Gasteiger partial charge in [0.15, 0.2) is 9.84 Å². The van der Waals surface area contributed by atoms with Crippen LogP contribution in [-0.2, 0) is 9.84 Å². The van der Waals surface area contributed by atoms with Crippen LogP contribution >= 0.6 is 11.6 Å². The fourth-order valence-corrected chi connectivity index (χ4v) is 2.97. The third-order valence-corrected chi connectivity index (χ3v) is 5.48. The highest BCUT2D eigenvalue weighted by atomic mass is 35.5. The lowest BCUT2D eigenvalue weighted by atomic mass is 9.96. The van der Waals surface area contributed by atoms with Crippen molar-refractivity contribution in [2.24, 2.45) is 5.41 Å². The van der Waals surface area contributed by atoms with Crippen LogP contribution in [0, 0.1) is 5.41 Å². The number of hydrogen-bond donors (Lipinski definition) is 1. The predicted octanol–water partition coefficient (Wildman–Crippen LogP) is 3.55. The van der Waals surface area contributed by atoms with Crippen LogP contribution in [0.1, 0.15) is 27.2 Å². The Morgan fingerprint density at radius 1 is 1.21 bits per heavy atom. The molecule has 1 aromatic rings. The molecule has 1 N–H and O–H groups in total. The van der Waals surface area contributed by atoms with Gasteiger partial charge >= 0.3 is 0 Å². The number of sulfone groups is 1. The van der Waals surface area contributed by atoms with E-state index in [1.54, 1.807) is 24.3 Å². The summed E-state index contributed by atoms with van der Waals surface area (Å²) in [4.78, 5) is 0.386. The lowest BCUT2D eigenvalue weighted by Gasteiger charge is -2.22. The van der Waals surface area contributed by atoms with Gasteiger partial charge in [0, 0.05) is 18.1 Å². The Balaban J connectivity index is 2.72. The number of nitrogens with one attached hydrogen (secondary N) is 1. The standard InChI is InChI=1S/C14H22ClNO2S/c1-4-9-19(17,18)13-7-5-12(6-8-13)16-11-14(2,3)10-15/h5-8,16H,4,9-11H2,1-3H3. The zero-order chi connectivity index (χ0) is 14.5. The van der Waals surface area contributed by atoms with Crippen molar-refractivity contribution in [3.8, 4) is 0 Å². The van der Waals surface area contributed by atoms with Crippen molar-refractivity contribution in [1.82, 2.24) is 0 Å². The Bertz CT molecular complexity index is 495. The van der Waals surface area contributed by atoms with Gasteiger partial charge in [0.2, 0.25) is 0 Å². The summed E-state index contributed by atoms with van der Waals surface area (Å²) in [6, 6.07) is 6.90. The summed E-state index contributed by atoms with van der Waals surface area (Å²) >= 11 is 5.86. The molecule has 0 amide bonds. The maximum absolute atomic E-state index is 11.9. The Morgan fingerprint density at radius 2 is 1.79 bits per heavy atom. The zero-order valence-electron chi connectivity index (χ0n) is 11.7. The van der Waals surface area contributed by atoms with Gasteiger partial charge < -0.3 is 5.32 Å². The van der Waals surface area contributed by atoms with E-state index in [2.05, 4.69) is 19.2 Å². The van der Waals surface area contributed by atoms with Crippen LogP contribution < -0.4 is 5.32 Å². The van der Waals surface area contributed by atoms with E-state index >= 15 is 0 Å². The van der Waals surface area contributed by atoms with Crippen molar-refractivity contribution in [2.45, 2.75) is 32.1 Å². The van der Waals surface area contributed by atoms with Crippen molar-refractivity contribution in [1.29, 1.82) is 0 Å². The van der Waals surface area contributed by atoms with E-state index in [4.69, 9.17) is 11.6 Å². The molecule has 0 saturated heterocycles. The van der Waals surface area contributed by atoms with E-state index in [-0.39, 0.29) is 11.2 Å².